The molecule has 19 heavy (non-hydrogen) atoms. The molecule has 0 unspecified atom stereocenters. The standard InChI is InChI=1S/C14H20N2O2S/c1-4-6-7-13(5-2)15-16-19(17,18)14-10-8-12(3)9-11-14/h4,8-11,16H,1,5-7H2,2-3H3. The van der Waals surface area contributed by atoms with Crippen LogP contribution in [0.1, 0.15) is 31.7 Å². The van der Waals surface area contributed by atoms with E-state index in [9.17, 15) is 8.42 Å². The monoisotopic (exact) mass is 280 g/mol. The summed E-state index contributed by atoms with van der Waals surface area (Å²) in [6.07, 6.45) is 4.01. The number of allylic oxidation sites excluding steroid dienone is 1. The molecule has 4 nitrogen and oxygen atoms in total. The molecule has 0 radical (unpaired) electrons. The van der Waals surface area contributed by atoms with Gasteiger partial charge in [-0.15, -0.1) is 6.58 Å². The minimum Gasteiger partial charge on any atom is -0.200 e. The van der Waals surface area contributed by atoms with Crippen molar-refractivity contribution in [3.8, 4) is 0 Å². The highest BCUT2D eigenvalue weighted by molar-refractivity contribution is 7.89. The van der Waals surface area contributed by atoms with Crippen molar-refractivity contribution < 1.29 is 8.42 Å². The second-order valence-corrected chi connectivity index (χ2v) is 5.93. The van der Waals surface area contributed by atoms with E-state index in [1.165, 1.54) is 0 Å². The van der Waals surface area contributed by atoms with Gasteiger partial charge in [-0.25, -0.2) is 4.83 Å². The lowest BCUT2D eigenvalue weighted by molar-refractivity contribution is 0.584. The molecular weight excluding hydrogens is 260 g/mol. The summed E-state index contributed by atoms with van der Waals surface area (Å²) in [5.74, 6) is 0. The summed E-state index contributed by atoms with van der Waals surface area (Å²) in [7, 11) is -3.57. The van der Waals surface area contributed by atoms with Gasteiger partial charge in [0.05, 0.1) is 4.90 Å². The van der Waals surface area contributed by atoms with E-state index in [4.69, 9.17) is 0 Å². The van der Waals surface area contributed by atoms with Crippen molar-refractivity contribution in [1.29, 1.82) is 0 Å². The number of hydrogen-bond donors (Lipinski definition) is 1. The number of aryl methyl sites for hydroxylation is 1. The second kappa shape index (κ2) is 7.09. The maximum Gasteiger partial charge on any atom is 0.276 e. The zero-order chi connectivity index (χ0) is 14.3. The van der Waals surface area contributed by atoms with Crippen LogP contribution < -0.4 is 4.83 Å². The van der Waals surface area contributed by atoms with E-state index in [2.05, 4.69) is 16.5 Å². The maximum absolute atomic E-state index is 12.0. The molecule has 1 N–H and O–H groups in total. The first-order chi connectivity index (χ1) is 8.99. The number of nitrogens with zero attached hydrogens (tertiary/aromatic N) is 1. The van der Waals surface area contributed by atoms with E-state index >= 15 is 0 Å². The Balaban J connectivity index is 2.81. The molecule has 5 heteroatoms. The third-order valence-corrected chi connectivity index (χ3v) is 3.92. The Kier molecular flexibility index (Phi) is 5.76. The molecule has 0 amide bonds. The molecule has 0 saturated carbocycles. The van der Waals surface area contributed by atoms with Gasteiger partial charge in [0.2, 0.25) is 0 Å². The molecule has 0 aliphatic carbocycles. The number of hydrazone groups is 1. The second-order valence-electron chi connectivity index (χ2n) is 4.27. The van der Waals surface area contributed by atoms with Crippen molar-refractivity contribution in [3.63, 3.8) is 0 Å². The third-order valence-electron chi connectivity index (χ3n) is 2.70. The van der Waals surface area contributed by atoms with E-state index in [0.717, 1.165) is 24.1 Å². The van der Waals surface area contributed by atoms with Crippen LogP contribution in [0.25, 0.3) is 0 Å². The quantitative estimate of drug-likeness (QED) is 0.474. The van der Waals surface area contributed by atoms with Crippen LogP contribution in [0.3, 0.4) is 0 Å². The Morgan fingerprint density at radius 1 is 1.37 bits per heavy atom. The van der Waals surface area contributed by atoms with E-state index < -0.39 is 10.0 Å². The van der Waals surface area contributed by atoms with Gasteiger partial charge in [0.15, 0.2) is 0 Å². The van der Waals surface area contributed by atoms with Crippen molar-refractivity contribution in [2.24, 2.45) is 5.10 Å². The number of rotatable bonds is 7. The van der Waals surface area contributed by atoms with Gasteiger partial charge >= 0.3 is 0 Å². The van der Waals surface area contributed by atoms with Crippen LogP contribution in [0.15, 0.2) is 46.9 Å². The number of sulfonamides is 1. The van der Waals surface area contributed by atoms with Gasteiger partial charge in [-0.1, -0.05) is 30.7 Å². The average Bonchev–Trinajstić information content (AvgIpc) is 2.39. The Hall–Kier alpha value is -1.62. The largest absolute Gasteiger partial charge is 0.276 e. The van der Waals surface area contributed by atoms with Gasteiger partial charge in [-0.3, -0.25) is 0 Å². The molecule has 0 aliphatic rings. The Labute approximate surface area is 115 Å². The van der Waals surface area contributed by atoms with E-state index in [0.29, 0.717) is 6.42 Å². The van der Waals surface area contributed by atoms with E-state index in [-0.39, 0.29) is 4.90 Å². The van der Waals surface area contributed by atoms with Gasteiger partial charge in [-0.2, -0.15) is 13.5 Å². The highest BCUT2D eigenvalue weighted by atomic mass is 32.2. The van der Waals surface area contributed by atoms with Gasteiger partial charge in [-0.05, 0) is 38.3 Å². The summed E-state index contributed by atoms with van der Waals surface area (Å²) in [5.41, 5.74) is 1.83. The number of nitrogens with one attached hydrogen (secondary N) is 1. The fourth-order valence-corrected chi connectivity index (χ4v) is 2.32. The molecule has 1 aromatic rings. The summed E-state index contributed by atoms with van der Waals surface area (Å²) >= 11 is 0. The average molecular weight is 280 g/mol. The fraction of sp³-hybridized carbons (Fsp3) is 0.357. The normalized spacial score (nSPS) is 12.2. The van der Waals surface area contributed by atoms with Crippen LogP contribution in [-0.4, -0.2) is 14.1 Å². The summed E-state index contributed by atoms with van der Waals surface area (Å²) < 4.78 is 24.0. The van der Waals surface area contributed by atoms with Crippen LogP contribution in [0.2, 0.25) is 0 Å². The van der Waals surface area contributed by atoms with Gasteiger partial charge in [0.1, 0.15) is 0 Å². The maximum atomic E-state index is 12.0. The van der Waals surface area contributed by atoms with Crippen LogP contribution >= 0.6 is 0 Å². The van der Waals surface area contributed by atoms with Crippen molar-refractivity contribution >= 4 is 15.7 Å². The minimum atomic E-state index is -3.57. The topological polar surface area (TPSA) is 58.5 Å². The lowest BCUT2D eigenvalue weighted by Gasteiger charge is -2.06. The molecule has 0 spiro atoms. The first kappa shape index (κ1) is 15.4. The van der Waals surface area contributed by atoms with Crippen LogP contribution in [0.4, 0.5) is 0 Å². The summed E-state index contributed by atoms with van der Waals surface area (Å²) in [5, 5.41) is 3.98. The highest BCUT2D eigenvalue weighted by Gasteiger charge is 2.12. The lowest BCUT2D eigenvalue weighted by Crippen LogP contribution is -2.20. The molecule has 0 aromatic heterocycles. The first-order valence-corrected chi connectivity index (χ1v) is 7.72. The summed E-state index contributed by atoms with van der Waals surface area (Å²) in [6.45, 7) is 7.49. The van der Waals surface area contributed by atoms with Crippen LogP contribution in [0.5, 0.6) is 0 Å². The molecular formula is C14H20N2O2S. The van der Waals surface area contributed by atoms with Crippen molar-refractivity contribution in [1.82, 2.24) is 4.83 Å². The highest BCUT2D eigenvalue weighted by Crippen LogP contribution is 2.10. The molecule has 104 valence electrons. The molecule has 0 fully saturated rings. The lowest BCUT2D eigenvalue weighted by atomic mass is 10.2. The minimum absolute atomic E-state index is 0.223. The molecule has 0 bridgehead atoms. The molecule has 1 rings (SSSR count). The summed E-state index contributed by atoms with van der Waals surface area (Å²) in [4.78, 5) is 2.50. The Morgan fingerprint density at radius 3 is 2.53 bits per heavy atom. The van der Waals surface area contributed by atoms with Crippen molar-refractivity contribution in [2.75, 3.05) is 0 Å². The van der Waals surface area contributed by atoms with Gasteiger partial charge in [0.25, 0.3) is 10.0 Å². The fourth-order valence-electron chi connectivity index (χ4n) is 1.48. The van der Waals surface area contributed by atoms with Crippen LogP contribution in [-0.2, 0) is 10.0 Å². The SMILES string of the molecule is C=CCCC(CC)=NNS(=O)(=O)c1ccc(C)cc1. The smallest absolute Gasteiger partial charge is 0.200 e. The Bertz CT molecular complexity index is 545. The zero-order valence-corrected chi connectivity index (χ0v) is 12.2. The molecule has 0 heterocycles. The van der Waals surface area contributed by atoms with E-state index in [1.807, 2.05) is 13.8 Å². The predicted molar refractivity (Wildman–Crippen MR) is 78.7 cm³/mol. The van der Waals surface area contributed by atoms with Gasteiger partial charge < -0.3 is 0 Å². The van der Waals surface area contributed by atoms with Gasteiger partial charge in [0, 0.05) is 5.71 Å². The number of benzene rings is 1. The molecule has 0 saturated heterocycles. The molecule has 1 aromatic carbocycles. The Morgan fingerprint density at radius 2 is 2.00 bits per heavy atom. The van der Waals surface area contributed by atoms with E-state index in [1.54, 1.807) is 30.3 Å². The predicted octanol–water partition coefficient (Wildman–Crippen LogP) is 3.01. The van der Waals surface area contributed by atoms with Crippen molar-refractivity contribution in [2.45, 2.75) is 38.0 Å². The molecule has 0 atom stereocenters. The molecule has 0 aliphatic heterocycles. The van der Waals surface area contributed by atoms with Crippen molar-refractivity contribution in [3.05, 3.63) is 42.5 Å². The summed E-state index contributed by atoms with van der Waals surface area (Å²) in [6, 6.07) is 6.67. The first-order valence-electron chi connectivity index (χ1n) is 6.24. The third kappa shape index (κ3) is 4.87. The number of hydrogen-bond acceptors (Lipinski definition) is 3. The van der Waals surface area contributed by atoms with Crippen LogP contribution in [0, 0.1) is 6.92 Å². The zero-order valence-electron chi connectivity index (χ0n) is 11.4.